The van der Waals surface area contributed by atoms with Crippen LogP contribution in [0.3, 0.4) is 0 Å². The molecule has 0 amide bonds. The Labute approximate surface area is 196 Å². The zero-order chi connectivity index (χ0) is 24.3. The van der Waals surface area contributed by atoms with Crippen LogP contribution in [0, 0.1) is 0 Å². The highest BCUT2D eigenvalue weighted by Gasteiger charge is 2.31. The first-order valence-electron chi connectivity index (χ1n) is 11.6. The average molecular weight is 478 g/mol. The zero-order valence-corrected chi connectivity index (χ0v) is 19.3. The largest absolute Gasteiger partial charge is 0.573 e. The molecule has 2 aromatic heterocycles. The summed E-state index contributed by atoms with van der Waals surface area (Å²) in [5.41, 5.74) is 7.90. The molecule has 1 saturated carbocycles. The smallest absolute Gasteiger partial charge is 0.406 e. The van der Waals surface area contributed by atoms with Gasteiger partial charge in [0.15, 0.2) is 17.0 Å². The van der Waals surface area contributed by atoms with Crippen LogP contribution in [0.5, 0.6) is 5.75 Å². The number of nitrogens with two attached hydrogens (primary N) is 1. The molecule has 0 spiro atoms. The second-order valence-electron chi connectivity index (χ2n) is 8.64. The quantitative estimate of drug-likeness (QED) is 0.393. The highest BCUT2D eigenvalue weighted by Crippen LogP contribution is 2.30. The maximum Gasteiger partial charge on any atom is 0.573 e. The highest BCUT2D eigenvalue weighted by molar-refractivity contribution is 5.86. The molecule has 0 bridgehead atoms. The van der Waals surface area contributed by atoms with E-state index in [1.165, 1.54) is 24.3 Å². The molecule has 1 fully saturated rings. The van der Waals surface area contributed by atoms with Gasteiger partial charge >= 0.3 is 6.36 Å². The summed E-state index contributed by atoms with van der Waals surface area (Å²) in [5.74, 6) is 0.677. The average Bonchev–Trinajstić information content (AvgIpc) is 3.21. The molecule has 3 aromatic rings. The number of rotatable bonds is 8. The van der Waals surface area contributed by atoms with E-state index in [4.69, 9.17) is 10.7 Å². The molecular weight excluding hydrogens is 447 g/mol. The van der Waals surface area contributed by atoms with Gasteiger partial charge in [-0.15, -0.1) is 13.2 Å². The predicted octanol–water partition coefficient (Wildman–Crippen LogP) is 5.51. The molecule has 2 heterocycles. The number of anilines is 3. The Morgan fingerprint density at radius 1 is 1.09 bits per heavy atom. The van der Waals surface area contributed by atoms with Crippen molar-refractivity contribution in [2.45, 2.75) is 76.9 Å². The topological polar surface area (TPSA) is 103 Å². The first-order chi connectivity index (χ1) is 16.3. The van der Waals surface area contributed by atoms with Crippen LogP contribution in [-0.4, -0.2) is 38.0 Å². The first kappa shape index (κ1) is 24.1. The fraction of sp³-hybridized carbons (Fsp3) is 0.522. The molecule has 0 aliphatic heterocycles. The number of hydrogen-bond acceptors (Lipinski definition) is 7. The summed E-state index contributed by atoms with van der Waals surface area (Å²) < 4.78 is 43.4. The number of fused-ring (bicyclic) bond motifs is 1. The zero-order valence-electron chi connectivity index (χ0n) is 19.3. The van der Waals surface area contributed by atoms with Gasteiger partial charge in [0, 0.05) is 23.8 Å². The summed E-state index contributed by atoms with van der Waals surface area (Å²) in [4.78, 5) is 14.0. The number of benzene rings is 1. The van der Waals surface area contributed by atoms with Crippen LogP contribution < -0.4 is 21.1 Å². The molecule has 4 N–H and O–H groups in total. The third-order valence-corrected chi connectivity index (χ3v) is 6.21. The van der Waals surface area contributed by atoms with E-state index in [9.17, 15) is 13.2 Å². The number of imidazole rings is 1. The standard InChI is InChI=1S/C23H30F3N7O/c1-3-17(4-2)33-13-28-19-20(29-15-9-11-18(12-10-15)34-23(24,25)26)31-22(32-21(19)33)30-16-7-5-14(27)6-8-16/h9-14,16-17H,3-8,27H2,1-2H3,(H2,29,30,31,32). The van der Waals surface area contributed by atoms with E-state index in [1.54, 1.807) is 6.33 Å². The van der Waals surface area contributed by atoms with E-state index in [2.05, 4.69) is 43.8 Å². The number of nitrogens with one attached hydrogen (secondary N) is 2. The van der Waals surface area contributed by atoms with Gasteiger partial charge in [-0.1, -0.05) is 13.8 Å². The van der Waals surface area contributed by atoms with Gasteiger partial charge in [0.1, 0.15) is 5.75 Å². The van der Waals surface area contributed by atoms with E-state index < -0.39 is 6.36 Å². The Hall–Kier alpha value is -3.08. The molecule has 0 atom stereocenters. The van der Waals surface area contributed by atoms with Crippen molar-refractivity contribution in [1.82, 2.24) is 19.5 Å². The number of hydrogen-bond donors (Lipinski definition) is 3. The number of ether oxygens (including phenoxy) is 1. The Morgan fingerprint density at radius 3 is 2.38 bits per heavy atom. The molecule has 1 aliphatic carbocycles. The maximum atomic E-state index is 12.5. The number of alkyl halides is 3. The van der Waals surface area contributed by atoms with Crippen molar-refractivity contribution in [3.8, 4) is 5.75 Å². The summed E-state index contributed by atoms with van der Waals surface area (Å²) in [6.45, 7) is 4.24. The van der Waals surface area contributed by atoms with Crippen LogP contribution in [-0.2, 0) is 0 Å². The van der Waals surface area contributed by atoms with Crippen molar-refractivity contribution in [2.75, 3.05) is 10.6 Å². The lowest BCUT2D eigenvalue weighted by Gasteiger charge is -2.27. The summed E-state index contributed by atoms with van der Waals surface area (Å²) in [6, 6.07) is 6.22. The van der Waals surface area contributed by atoms with Crippen LogP contribution in [0.15, 0.2) is 30.6 Å². The van der Waals surface area contributed by atoms with Gasteiger partial charge in [0.05, 0.1) is 6.33 Å². The molecule has 1 aromatic carbocycles. The van der Waals surface area contributed by atoms with Crippen molar-refractivity contribution < 1.29 is 17.9 Å². The third-order valence-electron chi connectivity index (χ3n) is 6.21. The lowest BCUT2D eigenvalue weighted by molar-refractivity contribution is -0.274. The Balaban J connectivity index is 1.65. The minimum Gasteiger partial charge on any atom is -0.406 e. The second kappa shape index (κ2) is 10.0. The van der Waals surface area contributed by atoms with Crippen molar-refractivity contribution in [3.63, 3.8) is 0 Å². The van der Waals surface area contributed by atoms with E-state index >= 15 is 0 Å². The summed E-state index contributed by atoms with van der Waals surface area (Å²) in [7, 11) is 0. The van der Waals surface area contributed by atoms with Crippen LogP contribution in [0.4, 0.5) is 30.6 Å². The fourth-order valence-corrected chi connectivity index (χ4v) is 4.34. The molecule has 0 unspecified atom stereocenters. The minimum atomic E-state index is -4.74. The van der Waals surface area contributed by atoms with E-state index in [1.807, 2.05) is 0 Å². The third kappa shape index (κ3) is 5.69. The van der Waals surface area contributed by atoms with Crippen molar-refractivity contribution in [2.24, 2.45) is 5.73 Å². The van der Waals surface area contributed by atoms with Crippen LogP contribution >= 0.6 is 0 Å². The Kier molecular flexibility index (Phi) is 7.11. The van der Waals surface area contributed by atoms with Crippen LogP contribution in [0.1, 0.15) is 58.4 Å². The van der Waals surface area contributed by atoms with Gasteiger partial charge in [0.2, 0.25) is 5.95 Å². The van der Waals surface area contributed by atoms with Gasteiger partial charge in [-0.2, -0.15) is 9.97 Å². The second-order valence-corrected chi connectivity index (χ2v) is 8.64. The summed E-state index contributed by atoms with van der Waals surface area (Å²) in [6.07, 6.45) is 2.67. The number of halogens is 3. The van der Waals surface area contributed by atoms with Crippen molar-refractivity contribution in [1.29, 1.82) is 0 Å². The van der Waals surface area contributed by atoms with Gasteiger partial charge in [0.25, 0.3) is 0 Å². The van der Waals surface area contributed by atoms with Gasteiger partial charge in [-0.05, 0) is 62.8 Å². The predicted molar refractivity (Wildman–Crippen MR) is 125 cm³/mol. The molecule has 0 radical (unpaired) electrons. The molecule has 1 aliphatic rings. The Bertz CT molecular complexity index is 1090. The van der Waals surface area contributed by atoms with Crippen molar-refractivity contribution in [3.05, 3.63) is 30.6 Å². The normalized spacial score (nSPS) is 18.9. The number of nitrogens with zero attached hydrogens (tertiary/aromatic N) is 4. The molecule has 34 heavy (non-hydrogen) atoms. The lowest BCUT2D eigenvalue weighted by atomic mass is 9.92. The first-order valence-corrected chi connectivity index (χ1v) is 11.6. The van der Waals surface area contributed by atoms with E-state index in [-0.39, 0.29) is 23.9 Å². The SMILES string of the molecule is CCC(CC)n1cnc2c(Nc3ccc(OC(F)(F)F)cc3)nc(NC3CCC(N)CC3)nc21. The highest BCUT2D eigenvalue weighted by atomic mass is 19.4. The van der Waals surface area contributed by atoms with E-state index in [0.717, 1.165) is 38.5 Å². The minimum absolute atomic E-state index is 0.230. The van der Waals surface area contributed by atoms with Crippen LogP contribution in [0.2, 0.25) is 0 Å². The molecular formula is C23H30F3N7O. The molecule has 8 nitrogen and oxygen atoms in total. The fourth-order valence-electron chi connectivity index (χ4n) is 4.34. The van der Waals surface area contributed by atoms with Gasteiger partial charge in [-0.25, -0.2) is 4.98 Å². The lowest BCUT2D eigenvalue weighted by Crippen LogP contribution is -2.33. The Morgan fingerprint density at radius 2 is 1.76 bits per heavy atom. The number of aromatic nitrogens is 4. The maximum absolute atomic E-state index is 12.5. The van der Waals surface area contributed by atoms with Crippen molar-refractivity contribution >= 4 is 28.6 Å². The summed E-state index contributed by atoms with van der Waals surface area (Å²) in [5, 5.41) is 6.63. The molecule has 4 rings (SSSR count). The van der Waals surface area contributed by atoms with Gasteiger partial charge in [-0.3, -0.25) is 0 Å². The monoisotopic (exact) mass is 477 g/mol. The van der Waals surface area contributed by atoms with Crippen LogP contribution in [0.25, 0.3) is 11.2 Å². The molecule has 0 saturated heterocycles. The van der Waals surface area contributed by atoms with E-state index in [0.29, 0.717) is 28.6 Å². The summed E-state index contributed by atoms with van der Waals surface area (Å²) >= 11 is 0. The van der Waals surface area contributed by atoms with Gasteiger partial charge < -0.3 is 25.7 Å². The molecule has 11 heteroatoms. The molecule has 184 valence electrons.